The van der Waals surface area contributed by atoms with Crippen LogP contribution < -0.4 is 0 Å². The van der Waals surface area contributed by atoms with Gasteiger partial charge in [0.05, 0.1) is 26.2 Å². The SMILES string of the molecule is CCCCCC[N+](CCCCCC)(CCCCCC)CCCSS(C)(=O)=O. The van der Waals surface area contributed by atoms with Gasteiger partial charge in [0.1, 0.15) is 0 Å². The average molecular weight is 423 g/mol. The summed E-state index contributed by atoms with van der Waals surface area (Å²) in [6.45, 7) is 11.9. The van der Waals surface area contributed by atoms with Crippen LogP contribution in [0.25, 0.3) is 0 Å². The highest BCUT2D eigenvalue weighted by Gasteiger charge is 2.26. The van der Waals surface area contributed by atoms with Crippen molar-refractivity contribution in [3.05, 3.63) is 0 Å². The van der Waals surface area contributed by atoms with Crippen molar-refractivity contribution in [2.75, 3.05) is 38.2 Å². The van der Waals surface area contributed by atoms with Crippen LogP contribution >= 0.6 is 10.8 Å². The molecule has 0 N–H and O–H groups in total. The second-order valence-electron chi connectivity index (χ2n) is 8.30. The van der Waals surface area contributed by atoms with Crippen LogP contribution in [0.3, 0.4) is 0 Å². The lowest BCUT2D eigenvalue weighted by molar-refractivity contribution is -0.928. The lowest BCUT2D eigenvalue weighted by Crippen LogP contribution is -2.51. The van der Waals surface area contributed by atoms with E-state index in [-0.39, 0.29) is 0 Å². The fourth-order valence-electron chi connectivity index (χ4n) is 3.90. The van der Waals surface area contributed by atoms with E-state index in [1.807, 2.05) is 0 Å². The minimum atomic E-state index is -2.91. The van der Waals surface area contributed by atoms with E-state index >= 15 is 0 Å². The molecule has 0 aliphatic carbocycles. The number of hydrogen-bond donors (Lipinski definition) is 0. The van der Waals surface area contributed by atoms with Gasteiger partial charge in [-0.1, -0.05) is 59.3 Å². The summed E-state index contributed by atoms with van der Waals surface area (Å²) in [7, 11) is -1.77. The molecule has 0 aromatic heterocycles. The van der Waals surface area contributed by atoms with Crippen LogP contribution in [0.5, 0.6) is 0 Å². The molecule has 164 valence electrons. The normalized spacial score (nSPS) is 12.6. The standard InChI is InChI=1S/C22H48NO2S2/c1-5-8-11-14-18-23(19-15-12-9-6-2,20-16-13-10-7-3)21-17-22-26-27(4,24)25/h5-22H2,1-4H3/q+1. The summed E-state index contributed by atoms with van der Waals surface area (Å²) in [5.41, 5.74) is 0. The summed E-state index contributed by atoms with van der Waals surface area (Å²) in [6.07, 6.45) is 18.3. The van der Waals surface area contributed by atoms with Crippen LogP contribution in [-0.4, -0.2) is 51.1 Å². The maximum atomic E-state index is 11.4. The van der Waals surface area contributed by atoms with Gasteiger partial charge in [0, 0.05) is 18.4 Å². The van der Waals surface area contributed by atoms with E-state index in [0.29, 0.717) is 0 Å². The summed E-state index contributed by atoms with van der Waals surface area (Å²) < 4.78 is 24.1. The average Bonchev–Trinajstić information content (AvgIpc) is 2.62. The van der Waals surface area contributed by atoms with Gasteiger partial charge < -0.3 is 4.48 Å². The zero-order chi connectivity index (χ0) is 20.4. The van der Waals surface area contributed by atoms with Gasteiger partial charge in [0.2, 0.25) is 0 Å². The predicted octanol–water partition coefficient (Wildman–Crippen LogP) is 6.63. The molecule has 0 atom stereocenters. The maximum Gasteiger partial charge on any atom is 0.198 e. The van der Waals surface area contributed by atoms with Gasteiger partial charge in [0.25, 0.3) is 0 Å². The molecule has 0 bridgehead atoms. The molecule has 0 aromatic carbocycles. The van der Waals surface area contributed by atoms with Crippen molar-refractivity contribution in [1.82, 2.24) is 0 Å². The van der Waals surface area contributed by atoms with E-state index in [4.69, 9.17) is 0 Å². The monoisotopic (exact) mass is 422 g/mol. The largest absolute Gasteiger partial charge is 0.324 e. The van der Waals surface area contributed by atoms with E-state index < -0.39 is 8.87 Å². The van der Waals surface area contributed by atoms with Crippen LogP contribution in [0, 0.1) is 0 Å². The molecule has 0 amide bonds. The molecular formula is C22H48NO2S2+. The van der Waals surface area contributed by atoms with Crippen molar-refractivity contribution in [2.45, 2.75) is 104 Å². The summed E-state index contributed by atoms with van der Waals surface area (Å²) in [4.78, 5) is 0. The van der Waals surface area contributed by atoms with Gasteiger partial charge in [-0.2, -0.15) is 0 Å². The third-order valence-corrected chi connectivity index (χ3v) is 8.20. The summed E-state index contributed by atoms with van der Waals surface area (Å²) in [6, 6.07) is 0. The Balaban J connectivity index is 4.80. The number of quaternary nitrogens is 1. The minimum Gasteiger partial charge on any atom is -0.324 e. The molecule has 0 spiro atoms. The van der Waals surface area contributed by atoms with Crippen molar-refractivity contribution >= 4 is 19.7 Å². The molecule has 0 aliphatic heterocycles. The topological polar surface area (TPSA) is 34.1 Å². The number of hydrogen-bond acceptors (Lipinski definition) is 3. The van der Waals surface area contributed by atoms with Gasteiger partial charge in [-0.05, 0) is 49.3 Å². The fourth-order valence-corrected chi connectivity index (χ4v) is 5.71. The van der Waals surface area contributed by atoms with E-state index in [0.717, 1.165) is 29.5 Å². The van der Waals surface area contributed by atoms with E-state index in [2.05, 4.69) is 20.8 Å². The summed E-state index contributed by atoms with van der Waals surface area (Å²) in [5, 5.41) is 0. The van der Waals surface area contributed by atoms with Crippen molar-refractivity contribution in [3.8, 4) is 0 Å². The first-order valence-electron chi connectivity index (χ1n) is 11.6. The smallest absolute Gasteiger partial charge is 0.198 e. The van der Waals surface area contributed by atoms with Gasteiger partial charge in [-0.15, -0.1) is 0 Å². The Morgan fingerprint density at radius 3 is 1.30 bits per heavy atom. The fraction of sp³-hybridized carbons (Fsp3) is 1.00. The van der Waals surface area contributed by atoms with E-state index in [9.17, 15) is 8.42 Å². The lowest BCUT2D eigenvalue weighted by Gasteiger charge is -2.39. The third kappa shape index (κ3) is 16.9. The molecule has 0 radical (unpaired) electrons. The predicted molar refractivity (Wildman–Crippen MR) is 124 cm³/mol. The molecule has 0 saturated heterocycles. The molecule has 0 aromatic rings. The second kappa shape index (κ2) is 17.1. The Morgan fingerprint density at radius 1 is 0.593 bits per heavy atom. The van der Waals surface area contributed by atoms with Gasteiger partial charge in [0.15, 0.2) is 8.87 Å². The molecule has 0 saturated carbocycles. The molecular weight excluding hydrogens is 374 g/mol. The molecule has 0 heterocycles. The van der Waals surface area contributed by atoms with Crippen LogP contribution in [0.2, 0.25) is 0 Å². The molecule has 27 heavy (non-hydrogen) atoms. The molecule has 3 nitrogen and oxygen atoms in total. The Kier molecular flexibility index (Phi) is 17.3. The third-order valence-electron chi connectivity index (χ3n) is 5.53. The Morgan fingerprint density at radius 2 is 0.963 bits per heavy atom. The number of rotatable bonds is 20. The zero-order valence-electron chi connectivity index (χ0n) is 18.8. The highest BCUT2D eigenvalue weighted by atomic mass is 33.1. The summed E-state index contributed by atoms with van der Waals surface area (Å²) >= 11 is 0. The molecule has 0 rings (SSSR count). The first-order valence-corrected chi connectivity index (χ1v) is 15.0. The maximum absolute atomic E-state index is 11.4. The second-order valence-corrected chi connectivity index (χ2v) is 12.9. The first-order chi connectivity index (χ1) is 12.9. The Bertz CT molecular complexity index is 393. The van der Waals surface area contributed by atoms with Crippen LogP contribution in [0.1, 0.15) is 104 Å². The molecule has 0 aliphatic rings. The lowest BCUT2D eigenvalue weighted by atomic mass is 10.1. The van der Waals surface area contributed by atoms with Crippen molar-refractivity contribution in [1.29, 1.82) is 0 Å². The molecule has 0 unspecified atom stereocenters. The Hall–Kier alpha value is 0.260. The minimum absolute atomic E-state index is 0.748. The van der Waals surface area contributed by atoms with Crippen LogP contribution in [0.4, 0.5) is 0 Å². The van der Waals surface area contributed by atoms with Gasteiger partial charge in [-0.25, -0.2) is 8.42 Å². The summed E-state index contributed by atoms with van der Waals surface area (Å²) in [5.74, 6) is 0.748. The molecule has 5 heteroatoms. The van der Waals surface area contributed by atoms with Gasteiger partial charge >= 0.3 is 0 Å². The van der Waals surface area contributed by atoms with Crippen molar-refractivity contribution < 1.29 is 12.9 Å². The number of nitrogens with zero attached hydrogens (tertiary/aromatic N) is 1. The highest BCUT2D eigenvalue weighted by Crippen LogP contribution is 2.20. The van der Waals surface area contributed by atoms with Crippen molar-refractivity contribution in [3.63, 3.8) is 0 Å². The quantitative estimate of drug-likeness (QED) is 0.125. The zero-order valence-corrected chi connectivity index (χ0v) is 20.4. The van der Waals surface area contributed by atoms with E-state index in [1.165, 1.54) is 107 Å². The van der Waals surface area contributed by atoms with Crippen LogP contribution in [-0.2, 0) is 8.87 Å². The molecule has 0 fully saturated rings. The van der Waals surface area contributed by atoms with Gasteiger partial charge in [-0.3, -0.25) is 0 Å². The highest BCUT2D eigenvalue weighted by molar-refractivity contribution is 8.71. The first kappa shape index (κ1) is 27.3. The number of unbranched alkanes of at least 4 members (excludes halogenated alkanes) is 9. The van der Waals surface area contributed by atoms with Crippen molar-refractivity contribution in [2.24, 2.45) is 0 Å². The Labute approximate surface area is 175 Å². The van der Waals surface area contributed by atoms with Crippen LogP contribution in [0.15, 0.2) is 0 Å². The van der Waals surface area contributed by atoms with E-state index in [1.54, 1.807) is 0 Å².